The van der Waals surface area contributed by atoms with Crippen molar-refractivity contribution in [3.05, 3.63) is 47.3 Å². The molecule has 2 aromatic rings. The van der Waals surface area contributed by atoms with Crippen LogP contribution in [0.15, 0.2) is 34.9 Å². The zero-order valence-electron chi connectivity index (χ0n) is 8.80. The molecule has 0 aliphatic carbocycles. The first-order valence-corrected chi connectivity index (χ1v) is 4.89. The summed E-state index contributed by atoms with van der Waals surface area (Å²) in [7, 11) is 0. The standard InChI is InChI=1S/C12H11NO3/c1-8(14)12-7-11(16-13-12)6-9-2-4-10(15)5-3-9/h2-5,7,15H,6H2,1H3. The van der Waals surface area contributed by atoms with E-state index in [2.05, 4.69) is 5.16 Å². The van der Waals surface area contributed by atoms with E-state index in [9.17, 15) is 4.79 Å². The molecule has 0 saturated heterocycles. The van der Waals surface area contributed by atoms with Gasteiger partial charge < -0.3 is 9.63 Å². The molecular formula is C12H11NO3. The lowest BCUT2D eigenvalue weighted by Gasteiger charge is -1.96. The van der Waals surface area contributed by atoms with Gasteiger partial charge >= 0.3 is 0 Å². The molecule has 0 bridgehead atoms. The van der Waals surface area contributed by atoms with Gasteiger partial charge in [-0.2, -0.15) is 0 Å². The number of hydrogen-bond donors (Lipinski definition) is 1. The molecule has 1 aromatic carbocycles. The zero-order chi connectivity index (χ0) is 11.5. The molecule has 0 saturated carbocycles. The fourth-order valence-electron chi connectivity index (χ4n) is 1.38. The molecule has 0 fully saturated rings. The predicted octanol–water partition coefficient (Wildman–Crippen LogP) is 2.17. The molecule has 1 aromatic heterocycles. The van der Waals surface area contributed by atoms with Gasteiger partial charge in [0, 0.05) is 19.4 Å². The molecule has 0 aliphatic rings. The van der Waals surface area contributed by atoms with E-state index in [1.807, 2.05) is 0 Å². The van der Waals surface area contributed by atoms with Crippen LogP contribution in [-0.2, 0) is 6.42 Å². The molecule has 4 nitrogen and oxygen atoms in total. The van der Waals surface area contributed by atoms with E-state index in [0.717, 1.165) is 5.56 Å². The van der Waals surface area contributed by atoms with Crippen LogP contribution in [0.2, 0.25) is 0 Å². The first-order valence-electron chi connectivity index (χ1n) is 4.89. The van der Waals surface area contributed by atoms with Crippen LogP contribution in [0.1, 0.15) is 28.7 Å². The van der Waals surface area contributed by atoms with Crippen LogP contribution in [-0.4, -0.2) is 16.0 Å². The molecule has 2 rings (SSSR count). The summed E-state index contributed by atoms with van der Waals surface area (Å²) in [5, 5.41) is 12.8. The SMILES string of the molecule is CC(=O)c1cc(Cc2ccc(O)cc2)on1. The Morgan fingerprint density at radius 1 is 1.38 bits per heavy atom. The Labute approximate surface area is 92.5 Å². The third-order valence-electron chi connectivity index (χ3n) is 2.23. The van der Waals surface area contributed by atoms with E-state index in [1.165, 1.54) is 6.92 Å². The molecule has 4 heteroatoms. The Morgan fingerprint density at radius 3 is 2.62 bits per heavy atom. The molecule has 1 heterocycles. The summed E-state index contributed by atoms with van der Waals surface area (Å²) in [6.07, 6.45) is 0.556. The highest BCUT2D eigenvalue weighted by Crippen LogP contribution is 2.14. The Balaban J connectivity index is 2.14. The van der Waals surface area contributed by atoms with Crippen LogP contribution < -0.4 is 0 Å². The Bertz CT molecular complexity index is 499. The van der Waals surface area contributed by atoms with E-state index in [0.29, 0.717) is 17.9 Å². The number of carbonyl (C=O) groups excluding carboxylic acids is 1. The Hall–Kier alpha value is -2.10. The maximum Gasteiger partial charge on any atom is 0.181 e. The van der Waals surface area contributed by atoms with Crippen LogP contribution in [0.3, 0.4) is 0 Å². The summed E-state index contributed by atoms with van der Waals surface area (Å²) in [5.41, 5.74) is 1.33. The second-order valence-electron chi connectivity index (χ2n) is 3.58. The summed E-state index contributed by atoms with van der Waals surface area (Å²) < 4.78 is 5.03. The van der Waals surface area contributed by atoms with Crippen molar-refractivity contribution in [1.82, 2.24) is 5.16 Å². The van der Waals surface area contributed by atoms with Crippen molar-refractivity contribution in [2.24, 2.45) is 0 Å². The summed E-state index contributed by atoms with van der Waals surface area (Å²) in [6, 6.07) is 8.45. The van der Waals surface area contributed by atoms with Crippen molar-refractivity contribution in [3.8, 4) is 5.75 Å². The van der Waals surface area contributed by atoms with Gasteiger partial charge in [0.05, 0.1) is 0 Å². The molecule has 0 amide bonds. The highest BCUT2D eigenvalue weighted by atomic mass is 16.5. The van der Waals surface area contributed by atoms with E-state index in [4.69, 9.17) is 9.63 Å². The average molecular weight is 217 g/mol. The summed E-state index contributed by atoms with van der Waals surface area (Å²) in [5.74, 6) is 0.752. The molecule has 0 unspecified atom stereocenters. The normalized spacial score (nSPS) is 10.3. The van der Waals surface area contributed by atoms with Gasteiger partial charge in [-0.25, -0.2) is 0 Å². The Kier molecular flexibility index (Phi) is 2.72. The fourth-order valence-corrected chi connectivity index (χ4v) is 1.38. The summed E-state index contributed by atoms with van der Waals surface area (Å²) in [6.45, 7) is 1.45. The van der Waals surface area contributed by atoms with Gasteiger partial charge in [-0.05, 0) is 17.7 Å². The van der Waals surface area contributed by atoms with E-state index in [1.54, 1.807) is 30.3 Å². The van der Waals surface area contributed by atoms with Gasteiger partial charge in [0.25, 0.3) is 0 Å². The molecule has 0 atom stereocenters. The molecule has 0 aliphatic heterocycles. The molecule has 0 spiro atoms. The number of ketones is 1. The lowest BCUT2D eigenvalue weighted by atomic mass is 10.1. The lowest BCUT2D eigenvalue weighted by Crippen LogP contribution is -1.90. The van der Waals surface area contributed by atoms with Gasteiger partial charge in [0.1, 0.15) is 17.2 Å². The second kappa shape index (κ2) is 4.18. The zero-order valence-corrected chi connectivity index (χ0v) is 8.80. The maximum absolute atomic E-state index is 11.0. The molecular weight excluding hydrogens is 206 g/mol. The highest BCUT2D eigenvalue weighted by molar-refractivity contribution is 5.91. The monoisotopic (exact) mass is 217 g/mol. The van der Waals surface area contributed by atoms with E-state index < -0.39 is 0 Å². The number of hydrogen-bond acceptors (Lipinski definition) is 4. The topological polar surface area (TPSA) is 63.3 Å². The van der Waals surface area contributed by atoms with Gasteiger partial charge in [0.2, 0.25) is 0 Å². The number of carbonyl (C=O) groups is 1. The van der Waals surface area contributed by atoms with Crippen molar-refractivity contribution >= 4 is 5.78 Å². The van der Waals surface area contributed by atoms with Crippen LogP contribution >= 0.6 is 0 Å². The molecule has 1 N–H and O–H groups in total. The smallest absolute Gasteiger partial charge is 0.181 e. The third-order valence-corrected chi connectivity index (χ3v) is 2.23. The average Bonchev–Trinajstić information content (AvgIpc) is 2.70. The number of aromatic nitrogens is 1. The molecule has 16 heavy (non-hydrogen) atoms. The minimum absolute atomic E-state index is 0.110. The van der Waals surface area contributed by atoms with Crippen molar-refractivity contribution in [1.29, 1.82) is 0 Å². The quantitative estimate of drug-likeness (QED) is 0.800. The van der Waals surface area contributed by atoms with Crippen LogP contribution in [0.25, 0.3) is 0 Å². The fraction of sp³-hybridized carbons (Fsp3) is 0.167. The van der Waals surface area contributed by atoms with Gasteiger partial charge in [-0.1, -0.05) is 17.3 Å². The first kappa shape index (κ1) is 10.4. The lowest BCUT2D eigenvalue weighted by molar-refractivity contribution is 0.100. The van der Waals surface area contributed by atoms with E-state index in [-0.39, 0.29) is 11.5 Å². The predicted molar refractivity (Wildman–Crippen MR) is 57.4 cm³/mol. The van der Waals surface area contributed by atoms with Gasteiger partial charge in [-0.15, -0.1) is 0 Å². The number of rotatable bonds is 3. The maximum atomic E-state index is 11.0. The van der Waals surface area contributed by atoms with Crippen LogP contribution in [0.5, 0.6) is 5.75 Å². The number of phenols is 1. The second-order valence-corrected chi connectivity index (χ2v) is 3.58. The number of aromatic hydroxyl groups is 1. The number of nitrogens with zero attached hydrogens (tertiary/aromatic N) is 1. The van der Waals surface area contributed by atoms with Crippen molar-refractivity contribution in [2.45, 2.75) is 13.3 Å². The van der Waals surface area contributed by atoms with Crippen LogP contribution in [0, 0.1) is 0 Å². The number of benzene rings is 1. The minimum Gasteiger partial charge on any atom is -0.508 e. The van der Waals surface area contributed by atoms with Crippen LogP contribution in [0.4, 0.5) is 0 Å². The Morgan fingerprint density at radius 2 is 2.06 bits per heavy atom. The summed E-state index contributed by atoms with van der Waals surface area (Å²) >= 11 is 0. The first-order chi connectivity index (χ1) is 7.65. The minimum atomic E-state index is -0.110. The largest absolute Gasteiger partial charge is 0.508 e. The summed E-state index contributed by atoms with van der Waals surface area (Å²) in [4.78, 5) is 11.0. The van der Waals surface area contributed by atoms with Gasteiger partial charge in [0.15, 0.2) is 5.78 Å². The van der Waals surface area contributed by atoms with E-state index >= 15 is 0 Å². The van der Waals surface area contributed by atoms with Gasteiger partial charge in [-0.3, -0.25) is 4.79 Å². The molecule has 82 valence electrons. The van der Waals surface area contributed by atoms with Crippen molar-refractivity contribution in [2.75, 3.05) is 0 Å². The van der Waals surface area contributed by atoms with Crippen molar-refractivity contribution in [3.63, 3.8) is 0 Å². The highest BCUT2D eigenvalue weighted by Gasteiger charge is 2.08. The number of Topliss-reactive ketones (excluding diaryl/α,β-unsaturated/α-hetero) is 1. The number of phenolic OH excluding ortho intramolecular Hbond substituents is 1. The molecule has 0 radical (unpaired) electrons. The third kappa shape index (κ3) is 2.28. The van der Waals surface area contributed by atoms with Crippen molar-refractivity contribution < 1.29 is 14.4 Å².